The van der Waals surface area contributed by atoms with Crippen molar-refractivity contribution in [2.75, 3.05) is 0 Å². The minimum atomic E-state index is -2.10. The summed E-state index contributed by atoms with van der Waals surface area (Å²) in [4.78, 5) is 0. The quantitative estimate of drug-likeness (QED) is 0.185. The minimum Gasteiger partial charge on any atom is -0.678 e. The van der Waals surface area contributed by atoms with Crippen molar-refractivity contribution in [3.63, 3.8) is 0 Å². The molecule has 1 aromatic carbocycles. The van der Waals surface area contributed by atoms with Gasteiger partial charge in [0.1, 0.15) is 0 Å². The second-order valence-electron chi connectivity index (χ2n) is 23.6. The van der Waals surface area contributed by atoms with Gasteiger partial charge in [-0.15, -0.1) is 0 Å². The standard InChI is InChI=1S/3C12H28NSi.C6H5.Zr/c3*1-10(2,3)14(13,11(4,5)6)12(7,8)9;1-2-4-6-5-3-1;/h3*13H,1-9H3;1-5H;/q4*-1;+4. The van der Waals surface area contributed by atoms with Crippen LogP contribution in [0.4, 0.5) is 0 Å². The van der Waals surface area contributed by atoms with Crippen LogP contribution in [0, 0.1) is 6.07 Å². The second-order valence-corrected chi connectivity index (χ2v) is 41.6. The molecule has 0 aromatic heterocycles. The third-order valence-corrected chi connectivity index (χ3v) is 31.0. The van der Waals surface area contributed by atoms with Crippen molar-refractivity contribution in [2.24, 2.45) is 0 Å². The van der Waals surface area contributed by atoms with Crippen LogP contribution in [0.15, 0.2) is 30.3 Å². The van der Waals surface area contributed by atoms with Gasteiger partial charge in [0.15, 0.2) is 0 Å². The van der Waals surface area contributed by atoms with Gasteiger partial charge in [-0.1, -0.05) is 232 Å². The zero-order valence-electron chi connectivity index (χ0n) is 38.4. The van der Waals surface area contributed by atoms with Crippen molar-refractivity contribution in [2.45, 2.75) is 232 Å². The van der Waals surface area contributed by atoms with E-state index in [9.17, 15) is 0 Å². The fourth-order valence-corrected chi connectivity index (χ4v) is 30.7. The molecule has 0 radical (unpaired) electrons. The Kier molecular flexibility index (Phi) is 20.5. The molecule has 49 heavy (non-hydrogen) atoms. The van der Waals surface area contributed by atoms with Crippen LogP contribution in [-0.2, 0) is 26.2 Å². The fraction of sp³-hybridized carbons (Fsp3) is 0.857. The van der Waals surface area contributed by atoms with Crippen LogP contribution >= 0.6 is 0 Å². The van der Waals surface area contributed by atoms with Gasteiger partial charge in [0.05, 0.1) is 0 Å². The summed E-state index contributed by atoms with van der Waals surface area (Å²) in [6.07, 6.45) is 0. The van der Waals surface area contributed by atoms with E-state index in [1.54, 1.807) is 0 Å². The maximum atomic E-state index is 9.01. The van der Waals surface area contributed by atoms with Crippen LogP contribution in [0.3, 0.4) is 0 Å². The van der Waals surface area contributed by atoms with Crippen LogP contribution in [0.1, 0.15) is 187 Å². The van der Waals surface area contributed by atoms with E-state index in [-0.39, 0.29) is 71.5 Å². The first kappa shape index (κ1) is 56.4. The Hall–Kier alpha value is 0.634. The SMILES string of the molecule is CC(C)(C)[Si]([NH-])(C(C)(C)C)C(C)(C)C.CC(C)(C)[Si]([NH-])(C(C)(C)C)C(C)(C)C.CC(C)(C)[Si]([NH-])(C(C)(C)C)C(C)(C)C.[Zr+4].[c-]1ccccc1. The van der Waals surface area contributed by atoms with Crippen LogP contribution in [0.25, 0.3) is 16.2 Å². The van der Waals surface area contributed by atoms with E-state index in [2.05, 4.69) is 193 Å². The number of nitrogens with one attached hydrogen (secondary N) is 3. The first-order valence-electron chi connectivity index (χ1n) is 18.4. The van der Waals surface area contributed by atoms with E-state index in [1.807, 2.05) is 30.3 Å². The summed E-state index contributed by atoms with van der Waals surface area (Å²) in [5, 5.41) is 28.2. The Morgan fingerprint density at radius 3 is 0.429 bits per heavy atom. The van der Waals surface area contributed by atoms with E-state index in [0.717, 1.165) is 0 Å². The Balaban J connectivity index is -0.000000282. The fourth-order valence-electron chi connectivity index (χ4n) is 10.5. The summed E-state index contributed by atoms with van der Waals surface area (Å²) in [5.74, 6) is 0. The number of benzene rings is 1. The molecule has 0 saturated carbocycles. The summed E-state index contributed by atoms with van der Waals surface area (Å²) >= 11 is 0. The molecule has 0 unspecified atom stereocenters. The molecule has 0 atom stereocenters. The molecule has 0 aliphatic heterocycles. The molecule has 1 aromatic rings. The van der Waals surface area contributed by atoms with Gasteiger partial charge in [-0.25, -0.2) is 0 Å². The van der Waals surface area contributed by atoms with E-state index < -0.39 is 24.7 Å². The third kappa shape index (κ3) is 13.8. The molecule has 0 heterocycles. The zero-order valence-corrected chi connectivity index (χ0v) is 43.8. The van der Waals surface area contributed by atoms with Gasteiger partial charge < -0.3 is 16.2 Å². The molecular weight excluding hydrogens is 722 g/mol. The predicted octanol–water partition coefficient (Wildman–Crippen LogP) is 17.6. The van der Waals surface area contributed by atoms with Gasteiger partial charge in [0.25, 0.3) is 0 Å². The predicted molar refractivity (Wildman–Crippen MR) is 233 cm³/mol. The van der Waals surface area contributed by atoms with Crippen LogP contribution in [-0.4, -0.2) is 24.7 Å². The number of hydrogen-bond acceptors (Lipinski definition) is 0. The maximum absolute atomic E-state index is 9.01. The summed E-state index contributed by atoms with van der Waals surface area (Å²) in [7, 11) is -6.31. The minimum absolute atomic E-state index is 0. The first-order valence-corrected chi connectivity index (χ1v) is 24.4. The summed E-state index contributed by atoms with van der Waals surface area (Å²) in [5.41, 5.74) is 0. The molecule has 7 heteroatoms. The van der Waals surface area contributed by atoms with Crippen molar-refractivity contribution in [3.8, 4) is 0 Å². The maximum Gasteiger partial charge on any atom is 4.00 e. The smallest absolute Gasteiger partial charge is 0.678 e. The van der Waals surface area contributed by atoms with Gasteiger partial charge in [0.2, 0.25) is 0 Å². The molecule has 0 bridgehead atoms. The first-order chi connectivity index (χ1) is 20.2. The van der Waals surface area contributed by atoms with Gasteiger partial charge in [-0.3, -0.25) is 0 Å². The molecule has 0 spiro atoms. The second kappa shape index (κ2) is 17.8. The van der Waals surface area contributed by atoms with Crippen molar-refractivity contribution < 1.29 is 26.2 Å². The largest absolute Gasteiger partial charge is 4.00 e. The molecule has 3 nitrogen and oxygen atoms in total. The average molecular weight is 812 g/mol. The van der Waals surface area contributed by atoms with E-state index >= 15 is 0 Å². The van der Waals surface area contributed by atoms with Crippen molar-refractivity contribution >= 4 is 24.7 Å². The average Bonchev–Trinajstić information content (AvgIpc) is 2.78. The van der Waals surface area contributed by atoms with Crippen LogP contribution in [0.2, 0.25) is 45.3 Å². The van der Waals surface area contributed by atoms with Gasteiger partial charge in [-0.2, -0.15) is 36.4 Å². The molecule has 0 amide bonds. The molecule has 288 valence electrons. The van der Waals surface area contributed by atoms with Gasteiger partial charge in [-0.05, 0) is 24.7 Å². The van der Waals surface area contributed by atoms with Gasteiger partial charge in [0, 0.05) is 0 Å². The van der Waals surface area contributed by atoms with E-state index in [4.69, 9.17) is 16.2 Å². The zero-order chi connectivity index (χ0) is 40.2. The van der Waals surface area contributed by atoms with Crippen molar-refractivity contribution in [1.82, 2.24) is 0 Å². The Labute approximate surface area is 333 Å². The topological polar surface area (TPSA) is 71.4 Å². The Bertz CT molecular complexity index is 805. The Morgan fingerprint density at radius 1 is 0.286 bits per heavy atom. The molecule has 0 aliphatic carbocycles. The van der Waals surface area contributed by atoms with Crippen LogP contribution < -0.4 is 0 Å². The monoisotopic (exact) mass is 810 g/mol. The Morgan fingerprint density at radius 2 is 0.408 bits per heavy atom. The van der Waals surface area contributed by atoms with Crippen molar-refractivity contribution in [3.05, 3.63) is 52.6 Å². The molecular formula is C42H89N3Si3Zr. The van der Waals surface area contributed by atoms with Crippen molar-refractivity contribution in [1.29, 1.82) is 0 Å². The van der Waals surface area contributed by atoms with Gasteiger partial charge >= 0.3 is 26.2 Å². The van der Waals surface area contributed by atoms with Crippen LogP contribution in [0.5, 0.6) is 0 Å². The summed E-state index contributed by atoms with van der Waals surface area (Å²) in [6, 6.07) is 12.5. The molecule has 0 fully saturated rings. The summed E-state index contributed by atoms with van der Waals surface area (Å²) < 4.78 is 0. The molecule has 3 N–H and O–H groups in total. The number of rotatable bonds is 0. The summed E-state index contributed by atoms with van der Waals surface area (Å²) in [6.45, 7) is 60.4. The van der Waals surface area contributed by atoms with E-state index in [1.165, 1.54) is 0 Å². The normalized spacial score (nSPS) is 14.6. The third-order valence-electron chi connectivity index (χ3n) is 10.7. The molecule has 1 rings (SSSR count). The molecule has 0 saturated heterocycles. The van der Waals surface area contributed by atoms with E-state index in [0.29, 0.717) is 0 Å². The number of hydrogen-bond donors (Lipinski definition) is 0. The molecule has 0 aliphatic rings.